The fourth-order valence-corrected chi connectivity index (χ4v) is 3.95. The molecule has 3 aromatic rings. The molecular formula is C24H26N2O2S. The number of carbonyl (C=O) groups excluding carboxylic acids is 2. The Hall–Kier alpha value is -2.76. The molecule has 1 heterocycles. The Labute approximate surface area is 176 Å². The number of aryl methyl sites for hydroxylation is 1. The minimum absolute atomic E-state index is 0.0273. The average molecular weight is 407 g/mol. The van der Waals surface area contributed by atoms with Crippen LogP contribution >= 0.6 is 11.3 Å². The van der Waals surface area contributed by atoms with Gasteiger partial charge in [-0.1, -0.05) is 49.4 Å². The Bertz CT molecular complexity index is 965. The number of nitrogens with one attached hydrogen (secondary N) is 2. The van der Waals surface area contributed by atoms with Crippen LogP contribution in [0.15, 0.2) is 66.0 Å². The van der Waals surface area contributed by atoms with Gasteiger partial charge in [-0.2, -0.15) is 0 Å². The molecule has 0 aliphatic carbocycles. The molecule has 2 atom stereocenters. The van der Waals surface area contributed by atoms with Gasteiger partial charge in [-0.15, -0.1) is 11.3 Å². The zero-order valence-electron chi connectivity index (χ0n) is 16.9. The molecule has 29 heavy (non-hydrogen) atoms. The second kappa shape index (κ2) is 9.63. The monoisotopic (exact) mass is 406 g/mol. The van der Waals surface area contributed by atoms with Gasteiger partial charge in [0.1, 0.15) is 0 Å². The van der Waals surface area contributed by atoms with Crippen molar-refractivity contribution in [2.45, 2.75) is 39.3 Å². The van der Waals surface area contributed by atoms with E-state index >= 15 is 0 Å². The molecule has 0 unspecified atom stereocenters. The number of amides is 1. The molecule has 4 nitrogen and oxygen atoms in total. The second-order valence-electron chi connectivity index (χ2n) is 7.06. The predicted molar refractivity (Wildman–Crippen MR) is 120 cm³/mol. The van der Waals surface area contributed by atoms with Crippen molar-refractivity contribution >= 4 is 28.7 Å². The molecule has 0 saturated heterocycles. The number of hydrogen-bond acceptors (Lipinski definition) is 4. The van der Waals surface area contributed by atoms with Crippen LogP contribution in [0.4, 0.5) is 5.69 Å². The molecule has 150 valence electrons. The number of Topliss-reactive ketones (excluding diaryl/α,β-unsaturated/α-hetero) is 1. The Morgan fingerprint density at radius 3 is 2.41 bits per heavy atom. The van der Waals surface area contributed by atoms with Crippen molar-refractivity contribution in [1.29, 1.82) is 0 Å². The number of anilines is 1. The maximum atomic E-state index is 12.8. The van der Waals surface area contributed by atoms with E-state index in [4.69, 9.17) is 0 Å². The van der Waals surface area contributed by atoms with E-state index in [1.54, 1.807) is 35.6 Å². The quantitative estimate of drug-likeness (QED) is 0.504. The van der Waals surface area contributed by atoms with Gasteiger partial charge >= 0.3 is 0 Å². The number of ketones is 1. The van der Waals surface area contributed by atoms with E-state index in [-0.39, 0.29) is 17.7 Å². The van der Waals surface area contributed by atoms with E-state index in [1.807, 2.05) is 18.4 Å². The highest BCUT2D eigenvalue weighted by atomic mass is 32.1. The largest absolute Gasteiger partial charge is 0.325 e. The molecule has 0 aliphatic rings. The average Bonchev–Trinajstić information content (AvgIpc) is 3.26. The van der Waals surface area contributed by atoms with Gasteiger partial charge in [0.15, 0.2) is 5.78 Å². The van der Waals surface area contributed by atoms with E-state index in [1.165, 1.54) is 12.5 Å². The zero-order chi connectivity index (χ0) is 20.8. The highest BCUT2D eigenvalue weighted by Crippen LogP contribution is 2.27. The summed E-state index contributed by atoms with van der Waals surface area (Å²) < 4.78 is 0. The van der Waals surface area contributed by atoms with Gasteiger partial charge in [0.2, 0.25) is 5.91 Å². The van der Waals surface area contributed by atoms with Crippen molar-refractivity contribution < 1.29 is 9.59 Å². The van der Waals surface area contributed by atoms with E-state index in [9.17, 15) is 9.59 Å². The molecule has 0 bridgehead atoms. The third-order valence-corrected chi connectivity index (χ3v) is 5.83. The molecule has 2 N–H and O–H groups in total. The van der Waals surface area contributed by atoms with Gasteiger partial charge in [-0.25, -0.2) is 0 Å². The summed E-state index contributed by atoms with van der Waals surface area (Å²) in [6, 6.07) is 19.1. The van der Waals surface area contributed by atoms with Gasteiger partial charge in [0, 0.05) is 16.1 Å². The lowest BCUT2D eigenvalue weighted by atomic mass is 10.0. The topological polar surface area (TPSA) is 58.2 Å². The molecular weight excluding hydrogens is 380 g/mol. The summed E-state index contributed by atoms with van der Waals surface area (Å²) in [5.41, 5.74) is 3.62. The number of benzene rings is 2. The lowest BCUT2D eigenvalue weighted by molar-refractivity contribution is -0.117. The minimum Gasteiger partial charge on any atom is -0.325 e. The highest BCUT2D eigenvalue weighted by molar-refractivity contribution is 7.10. The van der Waals surface area contributed by atoms with E-state index < -0.39 is 6.04 Å². The van der Waals surface area contributed by atoms with Crippen molar-refractivity contribution in [3.63, 3.8) is 0 Å². The van der Waals surface area contributed by atoms with Crippen LogP contribution in [0.5, 0.6) is 0 Å². The first-order valence-electron chi connectivity index (χ1n) is 9.78. The molecule has 0 saturated carbocycles. The van der Waals surface area contributed by atoms with Gasteiger partial charge in [-0.05, 0) is 55.0 Å². The Morgan fingerprint density at radius 2 is 1.79 bits per heavy atom. The number of carbonyl (C=O) groups is 2. The van der Waals surface area contributed by atoms with Crippen LogP contribution < -0.4 is 10.6 Å². The van der Waals surface area contributed by atoms with Gasteiger partial charge in [-0.3, -0.25) is 14.9 Å². The summed E-state index contributed by atoms with van der Waals surface area (Å²) in [4.78, 5) is 25.5. The standard InChI is InChI=1S/C24H26N2O2S/c1-4-18-10-12-19(13-11-18)23(22-9-6-14-29-22)25-16(2)24(28)26-21-8-5-7-20(15-21)17(3)27/h5-16,23,25H,4H2,1-3H3,(H,26,28)/t16-,23+/m1/s1. The first-order chi connectivity index (χ1) is 14.0. The normalized spacial score (nSPS) is 12.9. The summed E-state index contributed by atoms with van der Waals surface area (Å²) in [6.45, 7) is 5.50. The predicted octanol–water partition coefficient (Wildman–Crippen LogP) is 5.22. The van der Waals surface area contributed by atoms with Crippen molar-refractivity contribution in [3.8, 4) is 0 Å². The zero-order valence-corrected chi connectivity index (χ0v) is 17.8. The minimum atomic E-state index is -0.422. The van der Waals surface area contributed by atoms with Gasteiger partial charge < -0.3 is 5.32 Å². The fourth-order valence-electron chi connectivity index (χ4n) is 3.14. The van der Waals surface area contributed by atoms with Crippen molar-refractivity contribution in [2.75, 3.05) is 5.32 Å². The smallest absolute Gasteiger partial charge is 0.241 e. The molecule has 0 fully saturated rings. The lowest BCUT2D eigenvalue weighted by Gasteiger charge is -2.23. The molecule has 0 radical (unpaired) electrons. The van der Waals surface area contributed by atoms with E-state index in [0.29, 0.717) is 11.3 Å². The summed E-state index contributed by atoms with van der Waals surface area (Å²) in [7, 11) is 0. The van der Waals surface area contributed by atoms with Crippen molar-refractivity contribution in [3.05, 3.63) is 87.6 Å². The fraction of sp³-hybridized carbons (Fsp3) is 0.250. The van der Waals surface area contributed by atoms with Crippen LogP contribution in [0.3, 0.4) is 0 Å². The molecule has 0 spiro atoms. The van der Waals surface area contributed by atoms with E-state index in [2.05, 4.69) is 47.9 Å². The Kier molecular flexibility index (Phi) is 6.96. The SMILES string of the molecule is CCc1ccc([C@H](N[C@H](C)C(=O)Nc2cccc(C(C)=O)c2)c2cccs2)cc1. The summed E-state index contributed by atoms with van der Waals surface area (Å²) >= 11 is 1.67. The number of thiophene rings is 1. The second-order valence-corrected chi connectivity index (χ2v) is 8.04. The molecule has 1 aromatic heterocycles. The first kappa shape index (κ1) is 21.0. The number of rotatable bonds is 8. The summed E-state index contributed by atoms with van der Waals surface area (Å²) in [5, 5.41) is 8.41. The Morgan fingerprint density at radius 1 is 1.03 bits per heavy atom. The Balaban J connectivity index is 1.75. The maximum absolute atomic E-state index is 12.8. The first-order valence-corrected chi connectivity index (χ1v) is 10.7. The van der Waals surface area contributed by atoms with Crippen molar-refractivity contribution in [1.82, 2.24) is 5.32 Å². The van der Waals surface area contributed by atoms with Crippen LogP contribution in [0.2, 0.25) is 0 Å². The molecule has 0 aliphatic heterocycles. The molecule has 2 aromatic carbocycles. The van der Waals surface area contributed by atoms with E-state index in [0.717, 1.165) is 16.9 Å². The third kappa shape index (κ3) is 5.40. The molecule has 1 amide bonds. The molecule has 3 rings (SSSR count). The lowest BCUT2D eigenvalue weighted by Crippen LogP contribution is -2.40. The number of hydrogen-bond donors (Lipinski definition) is 2. The maximum Gasteiger partial charge on any atom is 0.241 e. The highest BCUT2D eigenvalue weighted by Gasteiger charge is 2.21. The summed E-state index contributed by atoms with van der Waals surface area (Å²) in [6.07, 6.45) is 0.996. The van der Waals surface area contributed by atoms with Crippen LogP contribution in [0.1, 0.15) is 53.2 Å². The van der Waals surface area contributed by atoms with Crippen LogP contribution in [-0.2, 0) is 11.2 Å². The van der Waals surface area contributed by atoms with Crippen molar-refractivity contribution in [2.24, 2.45) is 0 Å². The molecule has 5 heteroatoms. The summed E-state index contributed by atoms with van der Waals surface area (Å²) in [5.74, 6) is -0.169. The van der Waals surface area contributed by atoms with Crippen LogP contribution in [0, 0.1) is 0 Å². The third-order valence-electron chi connectivity index (χ3n) is 4.90. The van der Waals surface area contributed by atoms with Gasteiger partial charge in [0.05, 0.1) is 12.1 Å². The van der Waals surface area contributed by atoms with Crippen LogP contribution in [-0.4, -0.2) is 17.7 Å². The van der Waals surface area contributed by atoms with Crippen LogP contribution in [0.25, 0.3) is 0 Å². The van der Waals surface area contributed by atoms with Gasteiger partial charge in [0.25, 0.3) is 0 Å².